The van der Waals surface area contributed by atoms with E-state index in [9.17, 15) is 0 Å². The molecule has 2 aromatic rings. The summed E-state index contributed by atoms with van der Waals surface area (Å²) < 4.78 is 1.18. The molecule has 0 aromatic heterocycles. The summed E-state index contributed by atoms with van der Waals surface area (Å²) >= 11 is 3.60. The van der Waals surface area contributed by atoms with E-state index < -0.39 is 0 Å². The molecule has 0 fully saturated rings. The summed E-state index contributed by atoms with van der Waals surface area (Å²) in [6.45, 7) is 2.17. The summed E-state index contributed by atoms with van der Waals surface area (Å²) in [5.41, 5.74) is 1.33. The maximum absolute atomic E-state index is 3.72. The zero-order chi connectivity index (χ0) is 10.1. The molecule has 3 radical (unpaired) electrons. The van der Waals surface area contributed by atoms with Gasteiger partial charge in [0.1, 0.15) is 0 Å². The van der Waals surface area contributed by atoms with Crippen LogP contribution in [0.1, 0.15) is 12.5 Å². The third-order valence-corrected chi connectivity index (χ3v) is 3.73. The quantitative estimate of drug-likeness (QED) is 0.693. The average Bonchev–Trinajstić information content (AvgIpc) is 2.18. The molecule has 2 heteroatoms. The van der Waals surface area contributed by atoms with Crippen molar-refractivity contribution in [3.05, 3.63) is 40.4 Å². The molecule has 0 bridgehead atoms. The Kier molecular flexibility index (Phi) is 2.75. The van der Waals surface area contributed by atoms with Gasteiger partial charge < -0.3 is 0 Å². The van der Waals surface area contributed by atoms with Gasteiger partial charge in [-0.05, 0) is 28.8 Å². The van der Waals surface area contributed by atoms with Gasteiger partial charge in [-0.3, -0.25) is 0 Å². The summed E-state index contributed by atoms with van der Waals surface area (Å²) in [6, 6.07) is 10.6. The predicted octanol–water partition coefficient (Wildman–Crippen LogP) is 2.96. The van der Waals surface area contributed by atoms with Crippen molar-refractivity contribution in [1.29, 1.82) is 0 Å². The van der Waals surface area contributed by atoms with Crippen LogP contribution in [0.25, 0.3) is 10.8 Å². The maximum Gasteiger partial charge on any atom is 0.0725 e. The van der Waals surface area contributed by atoms with Crippen molar-refractivity contribution in [3.63, 3.8) is 0 Å². The summed E-state index contributed by atoms with van der Waals surface area (Å²) in [7, 11) is 3.72. The van der Waals surface area contributed by atoms with Crippen LogP contribution in [0.2, 0.25) is 0 Å². The highest BCUT2D eigenvalue weighted by atomic mass is 79.9. The largest absolute Gasteiger partial charge is 0.0725 e. The Bertz CT molecular complexity index is 477. The first kappa shape index (κ1) is 9.93. The lowest BCUT2D eigenvalue weighted by Crippen LogP contribution is -2.11. The zero-order valence-corrected chi connectivity index (χ0v) is 10.6. The number of fused-ring (bicyclic) bond motifs is 1. The van der Waals surface area contributed by atoms with Gasteiger partial charge in [0, 0.05) is 4.47 Å². The van der Waals surface area contributed by atoms with Crippen molar-refractivity contribution in [2.45, 2.75) is 13.3 Å². The van der Waals surface area contributed by atoms with E-state index in [0.29, 0.717) is 0 Å². The Labute approximate surface area is 95.9 Å². The zero-order valence-electron chi connectivity index (χ0n) is 7.97. The van der Waals surface area contributed by atoms with E-state index in [2.05, 4.69) is 63.4 Å². The van der Waals surface area contributed by atoms with E-state index >= 15 is 0 Å². The fourth-order valence-electron chi connectivity index (χ4n) is 1.70. The van der Waals surface area contributed by atoms with Crippen molar-refractivity contribution < 1.29 is 0 Å². The minimum atomic E-state index is 1.03. The first-order valence-corrected chi connectivity index (χ1v) is 5.95. The first-order valence-electron chi connectivity index (χ1n) is 4.65. The molecule has 2 rings (SSSR count). The van der Waals surface area contributed by atoms with Gasteiger partial charge in [-0.15, -0.1) is 0 Å². The molecular formula is C12H10BrSi. The summed E-state index contributed by atoms with van der Waals surface area (Å²) in [5.74, 6) is 0. The van der Waals surface area contributed by atoms with Crippen LogP contribution in [0.15, 0.2) is 34.8 Å². The summed E-state index contributed by atoms with van der Waals surface area (Å²) in [5, 5.41) is 3.75. The van der Waals surface area contributed by atoms with E-state index in [1.54, 1.807) is 0 Å². The molecular weight excluding hydrogens is 252 g/mol. The van der Waals surface area contributed by atoms with Gasteiger partial charge in [-0.1, -0.05) is 52.3 Å². The second-order valence-corrected chi connectivity index (χ2v) is 4.64. The Morgan fingerprint density at radius 1 is 1.29 bits per heavy atom. The maximum atomic E-state index is 3.72. The van der Waals surface area contributed by atoms with Crippen LogP contribution in [-0.4, -0.2) is 10.2 Å². The van der Waals surface area contributed by atoms with E-state index in [1.165, 1.54) is 26.0 Å². The molecule has 0 saturated heterocycles. The fraction of sp³-hybridized carbons (Fsp3) is 0.167. The Morgan fingerprint density at radius 2 is 2.00 bits per heavy atom. The lowest BCUT2D eigenvalue weighted by atomic mass is 10.1. The van der Waals surface area contributed by atoms with E-state index in [1.807, 2.05) is 0 Å². The molecule has 2 aromatic carbocycles. The minimum absolute atomic E-state index is 1.03. The SMILES string of the molecule is CCc1c(Br)cc2ccccc2c1[Si]. The molecule has 0 aliphatic rings. The molecule has 0 atom stereocenters. The summed E-state index contributed by atoms with van der Waals surface area (Å²) in [6.07, 6.45) is 1.03. The highest BCUT2D eigenvalue weighted by Gasteiger charge is 2.05. The number of benzene rings is 2. The van der Waals surface area contributed by atoms with Crippen molar-refractivity contribution in [2.75, 3.05) is 0 Å². The lowest BCUT2D eigenvalue weighted by molar-refractivity contribution is 1.15. The topological polar surface area (TPSA) is 0 Å². The molecule has 0 aliphatic carbocycles. The Morgan fingerprint density at radius 3 is 2.71 bits per heavy atom. The Balaban J connectivity index is 2.86. The van der Waals surface area contributed by atoms with E-state index in [4.69, 9.17) is 0 Å². The predicted molar refractivity (Wildman–Crippen MR) is 66.4 cm³/mol. The highest BCUT2D eigenvalue weighted by molar-refractivity contribution is 9.10. The van der Waals surface area contributed by atoms with Crippen molar-refractivity contribution in [1.82, 2.24) is 0 Å². The Hall–Kier alpha value is -0.603. The molecule has 69 valence electrons. The lowest BCUT2D eigenvalue weighted by Gasteiger charge is -2.10. The number of halogens is 1. The van der Waals surface area contributed by atoms with Gasteiger partial charge in [-0.25, -0.2) is 0 Å². The third kappa shape index (κ3) is 1.53. The van der Waals surface area contributed by atoms with Gasteiger partial charge in [0.2, 0.25) is 0 Å². The average molecular weight is 262 g/mol. The minimum Gasteiger partial charge on any atom is -0.0616 e. The van der Waals surface area contributed by atoms with Crippen LogP contribution in [0.4, 0.5) is 0 Å². The van der Waals surface area contributed by atoms with Gasteiger partial charge in [0.05, 0.1) is 10.2 Å². The van der Waals surface area contributed by atoms with Gasteiger partial charge >= 0.3 is 0 Å². The smallest absolute Gasteiger partial charge is 0.0616 e. The molecule has 0 unspecified atom stereocenters. The second kappa shape index (κ2) is 3.87. The molecule has 0 N–H and O–H groups in total. The van der Waals surface area contributed by atoms with Crippen LogP contribution >= 0.6 is 15.9 Å². The molecule has 0 heterocycles. The molecule has 0 saturated carbocycles. The van der Waals surface area contributed by atoms with Crippen LogP contribution in [-0.2, 0) is 6.42 Å². The normalized spacial score (nSPS) is 10.8. The number of hydrogen-bond acceptors (Lipinski definition) is 0. The molecule has 0 aliphatic heterocycles. The summed E-state index contributed by atoms with van der Waals surface area (Å²) in [4.78, 5) is 0. The van der Waals surface area contributed by atoms with E-state index in [-0.39, 0.29) is 0 Å². The van der Waals surface area contributed by atoms with Crippen LogP contribution in [0.5, 0.6) is 0 Å². The highest BCUT2D eigenvalue weighted by Crippen LogP contribution is 2.22. The van der Waals surface area contributed by atoms with Crippen molar-refractivity contribution >= 4 is 42.1 Å². The monoisotopic (exact) mass is 261 g/mol. The van der Waals surface area contributed by atoms with Crippen LogP contribution in [0, 0.1) is 0 Å². The standard InChI is InChI=1S/C12H10BrSi/c1-2-9-11(13)7-8-5-3-4-6-10(8)12(9)14/h3-7H,2H2,1H3. The second-order valence-electron chi connectivity index (χ2n) is 3.29. The fourth-order valence-corrected chi connectivity index (χ4v) is 3.15. The first-order chi connectivity index (χ1) is 6.74. The third-order valence-electron chi connectivity index (χ3n) is 2.46. The van der Waals surface area contributed by atoms with E-state index in [0.717, 1.165) is 6.42 Å². The molecule has 0 amide bonds. The van der Waals surface area contributed by atoms with Gasteiger partial charge in [-0.2, -0.15) is 0 Å². The van der Waals surface area contributed by atoms with Gasteiger partial charge in [0.15, 0.2) is 0 Å². The van der Waals surface area contributed by atoms with Crippen LogP contribution in [0.3, 0.4) is 0 Å². The van der Waals surface area contributed by atoms with Crippen molar-refractivity contribution in [2.24, 2.45) is 0 Å². The number of rotatable bonds is 1. The van der Waals surface area contributed by atoms with Gasteiger partial charge in [0.25, 0.3) is 0 Å². The molecule has 14 heavy (non-hydrogen) atoms. The molecule has 0 nitrogen and oxygen atoms in total. The molecule has 0 spiro atoms. The number of hydrogen-bond donors (Lipinski definition) is 0. The van der Waals surface area contributed by atoms with Crippen LogP contribution < -0.4 is 5.19 Å². The van der Waals surface area contributed by atoms with Crippen molar-refractivity contribution in [3.8, 4) is 0 Å².